The van der Waals surface area contributed by atoms with E-state index in [2.05, 4.69) is 0 Å². The predicted octanol–water partition coefficient (Wildman–Crippen LogP) is 2.36. The summed E-state index contributed by atoms with van der Waals surface area (Å²) in [7, 11) is 0. The highest BCUT2D eigenvalue weighted by Gasteiger charge is 2.30. The van der Waals surface area contributed by atoms with Crippen LogP contribution in [0.1, 0.15) is 12.8 Å². The molecule has 92 valence electrons. The fourth-order valence-corrected chi connectivity index (χ4v) is 2.06. The van der Waals surface area contributed by atoms with Crippen LogP contribution >= 0.6 is 11.6 Å². The summed E-state index contributed by atoms with van der Waals surface area (Å²) in [5.74, 6) is 1.02. The Morgan fingerprint density at radius 2 is 2.24 bits per heavy atom. The van der Waals surface area contributed by atoms with Crippen LogP contribution in [0.3, 0.4) is 0 Å². The molecule has 1 aliphatic rings. The van der Waals surface area contributed by atoms with Crippen molar-refractivity contribution in [1.29, 1.82) is 0 Å². The molecule has 0 spiro atoms. The van der Waals surface area contributed by atoms with Gasteiger partial charge in [0.15, 0.2) is 0 Å². The van der Waals surface area contributed by atoms with E-state index in [-0.39, 0.29) is 16.8 Å². The van der Waals surface area contributed by atoms with Crippen molar-refractivity contribution in [2.24, 2.45) is 11.7 Å². The van der Waals surface area contributed by atoms with Crippen LogP contribution in [0.2, 0.25) is 5.02 Å². The average molecular weight is 257 g/mol. The molecular formula is C11H13ClN2O3. The standard InChI is InChI=1S/C11H13ClN2O3/c12-10-5-8(14(15)16)1-2-11(10)17-9-3-7(4-9)6-13/h1-2,5,7,9H,3-4,6,13H2. The van der Waals surface area contributed by atoms with Gasteiger partial charge in [0.05, 0.1) is 16.0 Å². The van der Waals surface area contributed by atoms with E-state index in [9.17, 15) is 10.1 Å². The summed E-state index contributed by atoms with van der Waals surface area (Å²) >= 11 is 5.91. The molecule has 1 aromatic rings. The third-order valence-electron chi connectivity index (χ3n) is 2.95. The van der Waals surface area contributed by atoms with E-state index < -0.39 is 4.92 Å². The second kappa shape index (κ2) is 4.89. The van der Waals surface area contributed by atoms with Gasteiger partial charge in [0.1, 0.15) is 5.75 Å². The zero-order valence-corrected chi connectivity index (χ0v) is 9.89. The number of halogens is 1. The number of hydrogen-bond acceptors (Lipinski definition) is 4. The van der Waals surface area contributed by atoms with Crippen molar-refractivity contribution in [2.75, 3.05) is 6.54 Å². The molecule has 2 N–H and O–H groups in total. The molecule has 1 aliphatic carbocycles. The Morgan fingerprint density at radius 3 is 2.76 bits per heavy atom. The molecule has 0 radical (unpaired) electrons. The zero-order chi connectivity index (χ0) is 12.4. The molecule has 1 aromatic carbocycles. The Bertz CT molecular complexity index is 433. The second-order valence-electron chi connectivity index (χ2n) is 4.18. The fourth-order valence-electron chi connectivity index (χ4n) is 1.84. The lowest BCUT2D eigenvalue weighted by Gasteiger charge is -2.34. The molecule has 17 heavy (non-hydrogen) atoms. The van der Waals surface area contributed by atoms with Crippen LogP contribution in [0.4, 0.5) is 5.69 Å². The molecule has 0 bridgehead atoms. The van der Waals surface area contributed by atoms with E-state index in [1.165, 1.54) is 18.2 Å². The van der Waals surface area contributed by atoms with E-state index in [1.807, 2.05) is 0 Å². The Hall–Kier alpha value is -1.33. The van der Waals surface area contributed by atoms with E-state index in [1.54, 1.807) is 0 Å². The van der Waals surface area contributed by atoms with Crippen LogP contribution in [-0.2, 0) is 0 Å². The minimum atomic E-state index is -0.483. The number of non-ortho nitro benzene ring substituents is 1. The number of nitro groups is 1. The molecule has 0 heterocycles. The van der Waals surface area contributed by atoms with Gasteiger partial charge in [-0.1, -0.05) is 11.6 Å². The minimum absolute atomic E-state index is 0.0317. The highest BCUT2D eigenvalue weighted by atomic mass is 35.5. The van der Waals surface area contributed by atoms with Gasteiger partial charge in [-0.2, -0.15) is 0 Å². The van der Waals surface area contributed by atoms with E-state index in [0.29, 0.717) is 18.2 Å². The van der Waals surface area contributed by atoms with Crippen molar-refractivity contribution in [1.82, 2.24) is 0 Å². The number of nitrogens with two attached hydrogens (primary N) is 1. The number of rotatable bonds is 4. The average Bonchev–Trinajstić information content (AvgIpc) is 2.24. The predicted molar refractivity (Wildman–Crippen MR) is 64.3 cm³/mol. The Labute approximate surface area is 104 Å². The summed E-state index contributed by atoms with van der Waals surface area (Å²) in [5, 5.41) is 10.8. The summed E-state index contributed by atoms with van der Waals surface area (Å²) in [6.45, 7) is 0.674. The first kappa shape index (κ1) is 12.1. The molecule has 0 amide bonds. The third-order valence-corrected chi connectivity index (χ3v) is 3.24. The first-order valence-corrected chi connectivity index (χ1v) is 5.78. The van der Waals surface area contributed by atoms with Gasteiger partial charge in [-0.15, -0.1) is 0 Å². The van der Waals surface area contributed by atoms with Crippen molar-refractivity contribution >= 4 is 17.3 Å². The molecule has 1 fully saturated rings. The summed E-state index contributed by atoms with van der Waals surface area (Å²) in [6, 6.07) is 4.23. The van der Waals surface area contributed by atoms with Crippen LogP contribution in [0.15, 0.2) is 18.2 Å². The van der Waals surface area contributed by atoms with Crippen LogP contribution in [-0.4, -0.2) is 17.6 Å². The quantitative estimate of drug-likeness (QED) is 0.663. The fraction of sp³-hybridized carbons (Fsp3) is 0.455. The summed E-state index contributed by atoms with van der Waals surface area (Å²) < 4.78 is 5.64. The number of ether oxygens (including phenoxy) is 1. The monoisotopic (exact) mass is 256 g/mol. The Kier molecular flexibility index (Phi) is 3.49. The summed E-state index contributed by atoms with van der Waals surface area (Å²) in [4.78, 5) is 10.0. The molecule has 0 aliphatic heterocycles. The van der Waals surface area contributed by atoms with Crippen molar-refractivity contribution in [3.8, 4) is 5.75 Å². The first-order chi connectivity index (χ1) is 8.10. The molecule has 2 rings (SSSR count). The summed E-state index contributed by atoms with van der Waals surface area (Å²) in [6.07, 6.45) is 1.97. The van der Waals surface area contributed by atoms with Gasteiger partial charge in [-0.3, -0.25) is 10.1 Å². The van der Waals surface area contributed by atoms with Crippen molar-refractivity contribution in [3.05, 3.63) is 33.3 Å². The largest absolute Gasteiger partial charge is 0.489 e. The molecule has 5 nitrogen and oxygen atoms in total. The van der Waals surface area contributed by atoms with Crippen molar-refractivity contribution < 1.29 is 9.66 Å². The molecule has 1 saturated carbocycles. The second-order valence-corrected chi connectivity index (χ2v) is 4.59. The Morgan fingerprint density at radius 1 is 1.53 bits per heavy atom. The lowest BCUT2D eigenvalue weighted by molar-refractivity contribution is -0.384. The zero-order valence-electron chi connectivity index (χ0n) is 9.14. The topological polar surface area (TPSA) is 78.4 Å². The third kappa shape index (κ3) is 2.68. The van der Waals surface area contributed by atoms with Gasteiger partial charge < -0.3 is 10.5 Å². The van der Waals surface area contributed by atoms with Crippen LogP contribution < -0.4 is 10.5 Å². The van der Waals surface area contributed by atoms with E-state index >= 15 is 0 Å². The first-order valence-electron chi connectivity index (χ1n) is 5.41. The van der Waals surface area contributed by atoms with Gasteiger partial charge in [-0.25, -0.2) is 0 Å². The molecule has 0 aromatic heterocycles. The smallest absolute Gasteiger partial charge is 0.271 e. The highest BCUT2D eigenvalue weighted by Crippen LogP contribution is 2.35. The molecule has 6 heteroatoms. The molecular weight excluding hydrogens is 244 g/mol. The van der Waals surface area contributed by atoms with E-state index in [4.69, 9.17) is 22.1 Å². The van der Waals surface area contributed by atoms with Gasteiger partial charge >= 0.3 is 0 Å². The van der Waals surface area contributed by atoms with Crippen molar-refractivity contribution in [2.45, 2.75) is 18.9 Å². The van der Waals surface area contributed by atoms with Gasteiger partial charge in [0.25, 0.3) is 5.69 Å². The molecule has 0 saturated heterocycles. The van der Waals surface area contributed by atoms with Crippen LogP contribution in [0, 0.1) is 16.0 Å². The molecule has 0 unspecified atom stereocenters. The van der Waals surface area contributed by atoms with Gasteiger partial charge in [0, 0.05) is 12.1 Å². The van der Waals surface area contributed by atoms with Crippen LogP contribution in [0.25, 0.3) is 0 Å². The number of nitro benzene ring substituents is 1. The number of nitrogens with zero attached hydrogens (tertiary/aromatic N) is 1. The van der Waals surface area contributed by atoms with Gasteiger partial charge in [0.2, 0.25) is 0 Å². The van der Waals surface area contributed by atoms with Gasteiger partial charge in [-0.05, 0) is 31.4 Å². The van der Waals surface area contributed by atoms with Crippen molar-refractivity contribution in [3.63, 3.8) is 0 Å². The van der Waals surface area contributed by atoms with E-state index in [0.717, 1.165) is 12.8 Å². The maximum Gasteiger partial charge on any atom is 0.271 e. The molecule has 0 atom stereocenters. The SMILES string of the molecule is NCC1CC(Oc2ccc([N+](=O)[O-])cc2Cl)C1. The lowest BCUT2D eigenvalue weighted by Crippen LogP contribution is -2.37. The maximum atomic E-state index is 10.5. The minimum Gasteiger partial charge on any atom is -0.489 e. The lowest BCUT2D eigenvalue weighted by atomic mass is 9.82. The maximum absolute atomic E-state index is 10.5. The summed E-state index contributed by atoms with van der Waals surface area (Å²) in [5.41, 5.74) is 5.48. The van der Waals surface area contributed by atoms with Crippen LogP contribution in [0.5, 0.6) is 5.75 Å². The number of benzene rings is 1. The highest BCUT2D eigenvalue weighted by molar-refractivity contribution is 6.32. The number of hydrogen-bond donors (Lipinski definition) is 1. The Balaban J connectivity index is 2.00. The normalized spacial score (nSPS) is 22.9.